The topological polar surface area (TPSA) is 83.6 Å². The molecule has 3 aromatic rings. The third-order valence-electron chi connectivity index (χ3n) is 2.71. The summed E-state index contributed by atoms with van der Waals surface area (Å²) in [7, 11) is 0. The highest BCUT2D eigenvalue weighted by Crippen LogP contribution is 2.08. The van der Waals surface area contributed by atoms with Crippen LogP contribution in [-0.4, -0.2) is 25.8 Å². The molecule has 6 heteroatoms. The molecule has 0 atom stereocenters. The van der Waals surface area contributed by atoms with E-state index in [0.29, 0.717) is 17.8 Å². The number of pyridine rings is 2. The molecule has 0 saturated carbocycles. The number of fused-ring (bicyclic) bond motifs is 1. The average molecular weight is 253 g/mol. The van der Waals surface area contributed by atoms with Gasteiger partial charge in [0, 0.05) is 25.1 Å². The van der Waals surface area contributed by atoms with Gasteiger partial charge < -0.3 is 10.3 Å². The zero-order valence-corrected chi connectivity index (χ0v) is 10.00. The van der Waals surface area contributed by atoms with Gasteiger partial charge in [-0.2, -0.15) is 0 Å². The summed E-state index contributed by atoms with van der Waals surface area (Å²) < 4.78 is 0. The standard InChI is InChI=1S/C13H11N5O/c19-13(16-6-9-2-1-3-14-5-9)10-4-11-12(15-7-10)18-8-17-11/h1-5,7-8H,6H2,(H,16,19)(H,15,17,18). The molecule has 0 bridgehead atoms. The minimum Gasteiger partial charge on any atom is -0.348 e. The molecule has 94 valence electrons. The van der Waals surface area contributed by atoms with Gasteiger partial charge in [-0.05, 0) is 17.7 Å². The summed E-state index contributed by atoms with van der Waals surface area (Å²) >= 11 is 0. The highest BCUT2D eigenvalue weighted by molar-refractivity contribution is 5.96. The summed E-state index contributed by atoms with van der Waals surface area (Å²) in [5.41, 5.74) is 2.80. The Morgan fingerprint density at radius 2 is 2.26 bits per heavy atom. The lowest BCUT2D eigenvalue weighted by molar-refractivity contribution is 0.0950. The molecule has 3 rings (SSSR count). The molecule has 0 saturated heterocycles. The molecule has 0 aromatic carbocycles. The van der Waals surface area contributed by atoms with Gasteiger partial charge in [0.1, 0.15) is 0 Å². The maximum absolute atomic E-state index is 12.0. The van der Waals surface area contributed by atoms with E-state index in [0.717, 1.165) is 11.1 Å². The molecule has 0 spiro atoms. The van der Waals surface area contributed by atoms with E-state index in [1.165, 1.54) is 6.20 Å². The molecule has 1 amide bonds. The summed E-state index contributed by atoms with van der Waals surface area (Å²) in [5, 5.41) is 2.82. The molecule has 2 N–H and O–H groups in total. The quantitative estimate of drug-likeness (QED) is 0.736. The maximum atomic E-state index is 12.0. The Morgan fingerprint density at radius 1 is 1.32 bits per heavy atom. The molecule has 0 fully saturated rings. The van der Waals surface area contributed by atoms with Crippen molar-refractivity contribution in [2.75, 3.05) is 0 Å². The zero-order chi connectivity index (χ0) is 13.1. The Kier molecular flexibility index (Phi) is 2.89. The highest BCUT2D eigenvalue weighted by Gasteiger charge is 2.08. The first-order valence-electron chi connectivity index (χ1n) is 5.79. The number of hydrogen-bond donors (Lipinski definition) is 2. The molecule has 0 aliphatic rings. The van der Waals surface area contributed by atoms with Crippen LogP contribution in [0.1, 0.15) is 15.9 Å². The van der Waals surface area contributed by atoms with Gasteiger partial charge in [0.2, 0.25) is 0 Å². The summed E-state index contributed by atoms with van der Waals surface area (Å²) in [6.45, 7) is 0.438. The molecule has 3 heterocycles. The van der Waals surface area contributed by atoms with Crippen LogP contribution in [-0.2, 0) is 6.54 Å². The summed E-state index contributed by atoms with van der Waals surface area (Å²) in [6, 6.07) is 5.47. The third kappa shape index (κ3) is 2.42. The van der Waals surface area contributed by atoms with Gasteiger partial charge in [0.15, 0.2) is 5.65 Å². The molecule has 0 radical (unpaired) electrons. The third-order valence-corrected chi connectivity index (χ3v) is 2.71. The minimum absolute atomic E-state index is 0.173. The van der Waals surface area contributed by atoms with Crippen molar-refractivity contribution in [3.63, 3.8) is 0 Å². The fourth-order valence-corrected chi connectivity index (χ4v) is 1.74. The molecule has 0 aliphatic carbocycles. The van der Waals surface area contributed by atoms with Crippen molar-refractivity contribution in [3.05, 3.63) is 54.2 Å². The molecular weight excluding hydrogens is 242 g/mol. The second kappa shape index (κ2) is 4.85. The number of carbonyl (C=O) groups excluding carboxylic acids is 1. The van der Waals surface area contributed by atoms with Crippen LogP contribution in [0.2, 0.25) is 0 Å². The summed E-state index contributed by atoms with van der Waals surface area (Å²) in [6.07, 6.45) is 6.48. The molecule has 0 unspecified atom stereocenters. The van der Waals surface area contributed by atoms with Crippen molar-refractivity contribution < 1.29 is 4.79 Å². The fourth-order valence-electron chi connectivity index (χ4n) is 1.74. The lowest BCUT2D eigenvalue weighted by Gasteiger charge is -2.04. The number of nitrogens with zero attached hydrogens (tertiary/aromatic N) is 3. The van der Waals surface area contributed by atoms with Gasteiger partial charge in [-0.3, -0.25) is 9.78 Å². The highest BCUT2D eigenvalue weighted by atomic mass is 16.1. The Balaban J connectivity index is 1.73. The number of aromatic amines is 1. The van der Waals surface area contributed by atoms with Gasteiger partial charge in [0.05, 0.1) is 17.4 Å². The second-order valence-corrected chi connectivity index (χ2v) is 4.04. The van der Waals surface area contributed by atoms with E-state index in [4.69, 9.17) is 0 Å². The zero-order valence-electron chi connectivity index (χ0n) is 10.00. The number of imidazole rings is 1. The number of H-pyrrole nitrogens is 1. The van der Waals surface area contributed by atoms with Crippen LogP contribution in [0, 0.1) is 0 Å². The number of hydrogen-bond acceptors (Lipinski definition) is 4. The predicted molar refractivity (Wildman–Crippen MR) is 69.3 cm³/mol. The smallest absolute Gasteiger partial charge is 0.253 e. The number of amides is 1. The minimum atomic E-state index is -0.173. The first-order chi connectivity index (χ1) is 9.33. The van der Waals surface area contributed by atoms with E-state index < -0.39 is 0 Å². The van der Waals surface area contributed by atoms with Crippen molar-refractivity contribution in [1.29, 1.82) is 0 Å². The fraction of sp³-hybridized carbons (Fsp3) is 0.0769. The van der Waals surface area contributed by atoms with E-state index in [9.17, 15) is 4.79 Å². The first kappa shape index (κ1) is 11.3. The Morgan fingerprint density at radius 3 is 3.11 bits per heavy atom. The predicted octanol–water partition coefficient (Wildman–Crippen LogP) is 1.28. The van der Waals surface area contributed by atoms with Crippen LogP contribution in [0.5, 0.6) is 0 Å². The van der Waals surface area contributed by atoms with Crippen molar-refractivity contribution in [2.45, 2.75) is 6.54 Å². The van der Waals surface area contributed by atoms with Crippen molar-refractivity contribution in [2.24, 2.45) is 0 Å². The van der Waals surface area contributed by atoms with E-state index in [1.807, 2.05) is 12.1 Å². The Hall–Kier alpha value is -2.76. The van der Waals surface area contributed by atoms with Gasteiger partial charge in [-0.1, -0.05) is 6.07 Å². The number of rotatable bonds is 3. The molecular formula is C13H11N5O. The lowest BCUT2D eigenvalue weighted by Crippen LogP contribution is -2.22. The van der Waals surface area contributed by atoms with Crippen molar-refractivity contribution >= 4 is 17.1 Å². The molecule has 0 aliphatic heterocycles. The van der Waals surface area contributed by atoms with Crippen LogP contribution in [0.15, 0.2) is 43.1 Å². The van der Waals surface area contributed by atoms with Gasteiger partial charge in [-0.15, -0.1) is 0 Å². The van der Waals surface area contributed by atoms with Crippen LogP contribution < -0.4 is 5.32 Å². The Bertz CT molecular complexity index is 707. The SMILES string of the molecule is O=C(NCc1cccnc1)c1cnc2nc[nH]c2c1. The Labute approximate surface area is 108 Å². The number of carbonyl (C=O) groups is 1. The van der Waals surface area contributed by atoms with Gasteiger partial charge in [-0.25, -0.2) is 9.97 Å². The van der Waals surface area contributed by atoms with Gasteiger partial charge in [0.25, 0.3) is 5.91 Å². The van der Waals surface area contributed by atoms with E-state index >= 15 is 0 Å². The van der Waals surface area contributed by atoms with Crippen LogP contribution in [0.25, 0.3) is 11.2 Å². The van der Waals surface area contributed by atoms with Crippen LogP contribution >= 0.6 is 0 Å². The number of nitrogens with one attached hydrogen (secondary N) is 2. The largest absolute Gasteiger partial charge is 0.348 e. The molecule has 6 nitrogen and oxygen atoms in total. The summed E-state index contributed by atoms with van der Waals surface area (Å²) in [4.78, 5) is 27.0. The molecule has 3 aromatic heterocycles. The molecule has 19 heavy (non-hydrogen) atoms. The van der Waals surface area contributed by atoms with E-state index in [-0.39, 0.29) is 5.91 Å². The average Bonchev–Trinajstić information content (AvgIpc) is 2.93. The second-order valence-electron chi connectivity index (χ2n) is 4.04. The van der Waals surface area contributed by atoms with E-state index in [1.54, 1.807) is 24.8 Å². The monoisotopic (exact) mass is 253 g/mol. The van der Waals surface area contributed by atoms with Gasteiger partial charge >= 0.3 is 0 Å². The van der Waals surface area contributed by atoms with Crippen molar-refractivity contribution in [1.82, 2.24) is 25.3 Å². The van der Waals surface area contributed by atoms with E-state index in [2.05, 4.69) is 25.3 Å². The lowest BCUT2D eigenvalue weighted by atomic mass is 10.2. The van der Waals surface area contributed by atoms with Crippen molar-refractivity contribution in [3.8, 4) is 0 Å². The van der Waals surface area contributed by atoms with Crippen LogP contribution in [0.4, 0.5) is 0 Å². The first-order valence-corrected chi connectivity index (χ1v) is 5.79. The van der Waals surface area contributed by atoms with Crippen LogP contribution in [0.3, 0.4) is 0 Å². The maximum Gasteiger partial charge on any atom is 0.253 e. The number of aromatic nitrogens is 4. The summed E-state index contributed by atoms with van der Waals surface area (Å²) in [5.74, 6) is -0.173. The normalized spacial score (nSPS) is 10.5.